The molecule has 1 amide bonds. The highest BCUT2D eigenvalue weighted by molar-refractivity contribution is 7.47. The number of aliphatic hydroxyl groups excluding tert-OH is 1. The van der Waals surface area contributed by atoms with E-state index in [4.69, 9.17) is 9.05 Å². The van der Waals surface area contributed by atoms with Crippen molar-refractivity contribution < 1.29 is 32.9 Å². The van der Waals surface area contributed by atoms with Gasteiger partial charge in [0.1, 0.15) is 13.2 Å². The van der Waals surface area contributed by atoms with Crippen molar-refractivity contribution in [2.24, 2.45) is 0 Å². The number of quaternary nitrogens is 1. The molecule has 78 heavy (non-hydrogen) atoms. The molecule has 0 saturated carbocycles. The van der Waals surface area contributed by atoms with E-state index in [9.17, 15) is 19.4 Å². The van der Waals surface area contributed by atoms with E-state index in [-0.39, 0.29) is 19.1 Å². The first-order chi connectivity index (χ1) is 38.0. The van der Waals surface area contributed by atoms with Crippen LogP contribution in [0, 0.1) is 0 Å². The Morgan fingerprint density at radius 1 is 0.423 bits per heavy atom. The minimum Gasteiger partial charge on any atom is -0.387 e. The number of rotatable bonds is 64. The highest BCUT2D eigenvalue weighted by Gasteiger charge is 2.28. The molecule has 9 heteroatoms. The van der Waals surface area contributed by atoms with Crippen molar-refractivity contribution in [3.8, 4) is 0 Å². The molecule has 3 atom stereocenters. The number of phosphoric ester groups is 1. The molecule has 0 aromatic rings. The van der Waals surface area contributed by atoms with Crippen LogP contribution < -0.4 is 5.32 Å². The Kier molecular flexibility index (Phi) is 59.3. The second-order valence-electron chi connectivity index (χ2n) is 24.9. The predicted molar refractivity (Wildman–Crippen MR) is 341 cm³/mol. The molecule has 3 N–H and O–H groups in total. The summed E-state index contributed by atoms with van der Waals surface area (Å²) in [5.74, 6) is -0.183. The molecule has 0 aliphatic heterocycles. The summed E-state index contributed by atoms with van der Waals surface area (Å²) in [6.45, 7) is 4.84. The van der Waals surface area contributed by atoms with Gasteiger partial charge in [-0.25, -0.2) is 4.57 Å². The van der Waals surface area contributed by atoms with E-state index in [1.54, 1.807) is 6.08 Å². The van der Waals surface area contributed by atoms with Gasteiger partial charge in [-0.2, -0.15) is 0 Å². The summed E-state index contributed by atoms with van der Waals surface area (Å²) in [5, 5.41) is 14.0. The van der Waals surface area contributed by atoms with Gasteiger partial charge >= 0.3 is 7.82 Å². The number of carbonyl (C=O) groups is 1. The normalized spacial score (nSPS) is 13.9. The molecule has 0 fully saturated rings. The van der Waals surface area contributed by atoms with Crippen LogP contribution in [-0.2, 0) is 18.4 Å². The van der Waals surface area contributed by atoms with Crippen LogP contribution in [0.4, 0.5) is 0 Å². The number of hydrogen-bond donors (Lipinski definition) is 3. The number of allylic oxidation sites excluding steroid dienone is 5. The molecular weight excluding hydrogens is 984 g/mol. The molecule has 0 radical (unpaired) electrons. The fourth-order valence-electron chi connectivity index (χ4n) is 10.5. The van der Waals surface area contributed by atoms with E-state index >= 15 is 0 Å². The first kappa shape index (κ1) is 76.7. The largest absolute Gasteiger partial charge is 0.472 e. The SMILES string of the molecule is CCCCCCCCCCCCCCCCC/C=C/CC/C=C/CC/C=C/C(O)C(COP(=O)(O)OCC[N+](C)(C)C)NC(=O)CCCCCCCCCCCCCCCCCCCCCCCCCCCCCCCCC. The lowest BCUT2D eigenvalue weighted by molar-refractivity contribution is -0.870. The van der Waals surface area contributed by atoms with Crippen LogP contribution in [0.3, 0.4) is 0 Å². The number of likely N-dealkylation sites (N-methyl/N-ethyl adjacent to an activating group) is 1. The maximum Gasteiger partial charge on any atom is 0.472 e. The number of carbonyl (C=O) groups excluding carboxylic acids is 1. The van der Waals surface area contributed by atoms with Crippen molar-refractivity contribution in [1.29, 1.82) is 0 Å². The van der Waals surface area contributed by atoms with Crippen molar-refractivity contribution >= 4 is 13.7 Å². The molecular formula is C69H136N2O6P+. The monoisotopic (exact) mass is 1120 g/mol. The third-order valence-corrected chi connectivity index (χ3v) is 16.8. The van der Waals surface area contributed by atoms with Crippen LogP contribution >= 0.6 is 7.82 Å². The molecule has 0 bridgehead atoms. The summed E-state index contributed by atoms with van der Waals surface area (Å²) in [6, 6.07) is -0.869. The van der Waals surface area contributed by atoms with Gasteiger partial charge in [-0.3, -0.25) is 13.8 Å². The van der Waals surface area contributed by atoms with Crippen LogP contribution in [0.2, 0.25) is 0 Å². The van der Waals surface area contributed by atoms with E-state index in [1.807, 2.05) is 27.2 Å². The Morgan fingerprint density at radius 3 is 1.03 bits per heavy atom. The number of aliphatic hydroxyl groups is 1. The molecule has 0 heterocycles. The number of nitrogens with one attached hydrogen (secondary N) is 1. The molecule has 0 aromatic heterocycles. The summed E-state index contributed by atoms with van der Waals surface area (Å²) in [7, 11) is 1.56. The zero-order chi connectivity index (χ0) is 57.0. The minimum absolute atomic E-state index is 0.0554. The molecule has 0 saturated heterocycles. The number of nitrogens with zero attached hydrogens (tertiary/aromatic N) is 1. The van der Waals surface area contributed by atoms with E-state index in [1.165, 1.54) is 283 Å². The summed E-state index contributed by atoms with van der Waals surface area (Å²) in [6.07, 6.45) is 80.1. The molecule has 0 spiro atoms. The number of phosphoric acid groups is 1. The number of unbranched alkanes of at least 4 members (excludes halogenated alkanes) is 47. The van der Waals surface area contributed by atoms with Crippen LogP contribution in [0.25, 0.3) is 0 Å². The smallest absolute Gasteiger partial charge is 0.387 e. The second-order valence-corrected chi connectivity index (χ2v) is 26.4. The average molecular weight is 1120 g/mol. The van der Waals surface area contributed by atoms with Gasteiger partial charge in [0.15, 0.2) is 0 Å². The first-order valence-corrected chi connectivity index (χ1v) is 35.9. The van der Waals surface area contributed by atoms with Crippen molar-refractivity contribution in [2.75, 3.05) is 40.9 Å². The van der Waals surface area contributed by atoms with Crippen LogP contribution in [0.15, 0.2) is 36.5 Å². The van der Waals surface area contributed by atoms with E-state index in [0.717, 1.165) is 44.9 Å². The van der Waals surface area contributed by atoms with Crippen molar-refractivity contribution in [2.45, 2.75) is 360 Å². The van der Waals surface area contributed by atoms with Crippen LogP contribution in [0.5, 0.6) is 0 Å². The zero-order valence-corrected chi connectivity index (χ0v) is 53.8. The van der Waals surface area contributed by atoms with E-state index in [0.29, 0.717) is 17.4 Å². The Morgan fingerprint density at radius 2 is 0.705 bits per heavy atom. The standard InChI is InChI=1S/C69H135N2O6P/c1-6-8-10-12-14-16-18-20-22-24-26-28-30-32-33-34-35-36-37-39-41-43-45-47-49-51-53-55-57-59-61-63-69(73)70-67(66-77-78(74,75)76-65-64-71(3,4)5)68(72)62-60-58-56-54-52-50-48-46-44-42-40-38-31-29-27-25-23-21-19-17-15-13-11-9-7-2/h44,46,52,54,60,62,67-68,72H,6-43,45,47-51,53,55-59,61,63-66H2,1-5H3,(H-,70,73,74,75)/p+1/b46-44+,54-52+,62-60+. The summed E-state index contributed by atoms with van der Waals surface area (Å²) >= 11 is 0. The fraction of sp³-hybridized carbons (Fsp3) is 0.899. The molecule has 8 nitrogen and oxygen atoms in total. The van der Waals surface area contributed by atoms with Gasteiger partial charge in [-0.1, -0.05) is 333 Å². The summed E-state index contributed by atoms with van der Waals surface area (Å²) in [5.41, 5.74) is 0. The maximum atomic E-state index is 13.0. The Balaban J connectivity index is 4.09. The van der Waals surface area contributed by atoms with Gasteiger partial charge in [0, 0.05) is 6.42 Å². The van der Waals surface area contributed by atoms with E-state index in [2.05, 4.69) is 43.5 Å². The molecule has 0 aliphatic carbocycles. The van der Waals surface area contributed by atoms with Gasteiger partial charge in [0.05, 0.1) is 39.9 Å². The fourth-order valence-corrected chi connectivity index (χ4v) is 11.2. The van der Waals surface area contributed by atoms with Gasteiger partial charge < -0.3 is 19.8 Å². The first-order valence-electron chi connectivity index (χ1n) is 34.4. The minimum atomic E-state index is -4.36. The van der Waals surface area contributed by atoms with Crippen molar-refractivity contribution in [3.05, 3.63) is 36.5 Å². The van der Waals surface area contributed by atoms with Crippen LogP contribution in [-0.4, -0.2) is 73.4 Å². The van der Waals surface area contributed by atoms with Gasteiger partial charge in [0.25, 0.3) is 0 Å². The van der Waals surface area contributed by atoms with Crippen molar-refractivity contribution in [3.63, 3.8) is 0 Å². The summed E-state index contributed by atoms with van der Waals surface area (Å²) in [4.78, 5) is 23.4. The molecule has 0 rings (SSSR count). The molecule has 0 aliphatic rings. The van der Waals surface area contributed by atoms with Crippen LogP contribution in [0.1, 0.15) is 348 Å². The van der Waals surface area contributed by atoms with Gasteiger partial charge in [-0.05, 0) is 44.9 Å². The third-order valence-electron chi connectivity index (χ3n) is 15.8. The molecule has 0 aromatic carbocycles. The lowest BCUT2D eigenvalue weighted by Crippen LogP contribution is -2.45. The highest BCUT2D eigenvalue weighted by Crippen LogP contribution is 2.43. The topological polar surface area (TPSA) is 105 Å². The quantitative estimate of drug-likeness (QED) is 0.0243. The van der Waals surface area contributed by atoms with Gasteiger partial charge in [0.2, 0.25) is 5.91 Å². The lowest BCUT2D eigenvalue weighted by atomic mass is 10.0. The van der Waals surface area contributed by atoms with Crippen molar-refractivity contribution in [1.82, 2.24) is 5.32 Å². The Labute approximate surface area is 487 Å². The third kappa shape index (κ3) is 62.3. The second kappa shape index (κ2) is 60.3. The molecule has 462 valence electrons. The Hall–Kier alpha value is -1.28. The predicted octanol–water partition coefficient (Wildman–Crippen LogP) is 21.7. The molecule has 3 unspecified atom stereocenters. The van der Waals surface area contributed by atoms with Gasteiger partial charge in [-0.15, -0.1) is 0 Å². The average Bonchev–Trinajstić information content (AvgIpc) is 3.41. The number of amides is 1. The zero-order valence-electron chi connectivity index (χ0n) is 52.9. The number of hydrogen-bond acceptors (Lipinski definition) is 5. The maximum absolute atomic E-state index is 13.0. The van der Waals surface area contributed by atoms with E-state index < -0.39 is 20.0 Å². The highest BCUT2D eigenvalue weighted by atomic mass is 31.2. The Bertz CT molecular complexity index is 1360. The lowest BCUT2D eigenvalue weighted by Gasteiger charge is -2.25. The summed E-state index contributed by atoms with van der Waals surface area (Å²) < 4.78 is 23.8.